The van der Waals surface area contributed by atoms with E-state index in [1.165, 1.54) is 4.68 Å². The number of rotatable bonds is 4. The van der Waals surface area contributed by atoms with Gasteiger partial charge in [0.15, 0.2) is 11.6 Å². The molecule has 1 fully saturated rings. The second-order valence-electron chi connectivity index (χ2n) is 7.21. The van der Waals surface area contributed by atoms with Gasteiger partial charge in [-0.05, 0) is 19.1 Å². The minimum atomic E-state index is -0.585. The van der Waals surface area contributed by atoms with Gasteiger partial charge in [-0.1, -0.05) is 23.2 Å². The highest BCUT2D eigenvalue weighted by molar-refractivity contribution is 6.39. The number of hydrogen-bond donors (Lipinski definition) is 4. The molecule has 1 atom stereocenters. The number of nitriles is 1. The van der Waals surface area contributed by atoms with E-state index in [0.717, 1.165) is 0 Å². The zero-order valence-corrected chi connectivity index (χ0v) is 18.6. The van der Waals surface area contributed by atoms with E-state index in [2.05, 4.69) is 20.6 Å². The Kier molecular flexibility index (Phi) is 5.92. The van der Waals surface area contributed by atoms with Crippen molar-refractivity contribution in [1.29, 1.82) is 5.26 Å². The van der Waals surface area contributed by atoms with Crippen LogP contribution < -0.4 is 32.7 Å². The predicted molar refractivity (Wildman–Crippen MR) is 124 cm³/mol. The van der Waals surface area contributed by atoms with Crippen LogP contribution in [0.25, 0.3) is 10.9 Å². The molecular weight excluding hydrogens is 455 g/mol. The maximum Gasteiger partial charge on any atom is 0.281 e. The molecule has 0 radical (unpaired) electrons. The Bertz CT molecular complexity index is 1300. The molecule has 1 aliphatic heterocycles. The fraction of sp³-hybridized carbons (Fsp3) is 0.316. The van der Waals surface area contributed by atoms with E-state index in [4.69, 9.17) is 39.7 Å². The minimum Gasteiger partial charge on any atom is -0.382 e. The molecule has 2 aromatic heterocycles. The summed E-state index contributed by atoms with van der Waals surface area (Å²) in [6.45, 7) is 4.35. The van der Waals surface area contributed by atoms with Crippen molar-refractivity contribution in [2.75, 3.05) is 48.0 Å². The topological polar surface area (TPSA) is 164 Å². The maximum absolute atomic E-state index is 13.6. The average Bonchev–Trinajstić information content (AvgIpc) is 2.76. The van der Waals surface area contributed by atoms with Crippen LogP contribution in [0.5, 0.6) is 0 Å². The van der Waals surface area contributed by atoms with E-state index in [1.807, 2.05) is 11.1 Å². The first-order valence-electron chi connectivity index (χ1n) is 9.78. The van der Waals surface area contributed by atoms with Gasteiger partial charge in [-0.3, -0.25) is 4.79 Å². The van der Waals surface area contributed by atoms with Crippen LogP contribution in [-0.4, -0.2) is 45.8 Å². The van der Waals surface area contributed by atoms with Gasteiger partial charge in [0, 0.05) is 26.2 Å². The number of nitrogens with two attached hydrogens (primary N) is 2. The van der Waals surface area contributed by atoms with E-state index in [0.29, 0.717) is 42.5 Å². The van der Waals surface area contributed by atoms with Crippen molar-refractivity contribution < 1.29 is 0 Å². The van der Waals surface area contributed by atoms with Crippen molar-refractivity contribution in [3.05, 3.63) is 43.9 Å². The van der Waals surface area contributed by atoms with Gasteiger partial charge in [0.2, 0.25) is 5.95 Å². The molecule has 0 spiro atoms. The summed E-state index contributed by atoms with van der Waals surface area (Å²) in [7, 11) is 0. The Morgan fingerprint density at radius 2 is 1.88 bits per heavy atom. The summed E-state index contributed by atoms with van der Waals surface area (Å²) >= 11 is 12.7. The maximum atomic E-state index is 13.6. The smallest absolute Gasteiger partial charge is 0.281 e. The van der Waals surface area contributed by atoms with Crippen molar-refractivity contribution in [2.45, 2.75) is 13.0 Å². The van der Waals surface area contributed by atoms with Gasteiger partial charge in [0.05, 0.1) is 27.0 Å². The van der Waals surface area contributed by atoms with Gasteiger partial charge in [0.1, 0.15) is 17.5 Å². The highest BCUT2D eigenvalue weighted by Crippen LogP contribution is 2.29. The Morgan fingerprint density at radius 3 is 2.56 bits per heavy atom. The molecule has 3 aromatic rings. The largest absolute Gasteiger partial charge is 0.382 e. The summed E-state index contributed by atoms with van der Waals surface area (Å²) in [5.74, 6) is 0.379. The molecule has 11 nitrogen and oxygen atoms in total. The lowest BCUT2D eigenvalue weighted by Gasteiger charge is -2.33. The Hall–Kier alpha value is -3.33. The van der Waals surface area contributed by atoms with Crippen molar-refractivity contribution >= 4 is 51.7 Å². The third-order valence-corrected chi connectivity index (χ3v) is 5.73. The third kappa shape index (κ3) is 3.84. The number of piperazine rings is 1. The lowest BCUT2D eigenvalue weighted by molar-refractivity contribution is 0.461. The molecular formula is C19H20Cl2N10O. The summed E-state index contributed by atoms with van der Waals surface area (Å²) in [5.41, 5.74) is 11.5. The van der Waals surface area contributed by atoms with Crippen LogP contribution in [0.2, 0.25) is 10.0 Å². The quantitative estimate of drug-likeness (QED) is 0.432. The van der Waals surface area contributed by atoms with Gasteiger partial charge in [-0.2, -0.15) is 15.2 Å². The summed E-state index contributed by atoms with van der Waals surface area (Å²) in [6, 6.07) is 4.55. The molecule has 1 aliphatic rings. The van der Waals surface area contributed by atoms with E-state index in [9.17, 15) is 10.1 Å². The number of hydrogen-bond acceptors (Lipinski definition) is 10. The fourth-order valence-electron chi connectivity index (χ4n) is 3.61. The number of nitrogen functional groups attached to an aromatic ring is 2. The van der Waals surface area contributed by atoms with Gasteiger partial charge >= 0.3 is 0 Å². The van der Waals surface area contributed by atoms with Crippen molar-refractivity contribution in [3.63, 3.8) is 0 Å². The number of halogens is 2. The van der Waals surface area contributed by atoms with Gasteiger partial charge in [0.25, 0.3) is 5.56 Å². The Labute approximate surface area is 192 Å². The number of nitrogens with one attached hydrogen (secondary N) is 2. The standard InChI is InChI=1S/C19H20Cl2N10O/c1-9(26-16-10(8-22)15(23)28-19(24)29-16)17-27-14-12(21)3-2-11(20)13(14)18(32)31(17)30-6-4-25-5-7-30/h2-3,9,25H,4-7H2,1H3,(H5,23,24,26,28,29). The van der Waals surface area contributed by atoms with Crippen LogP contribution in [0.4, 0.5) is 17.6 Å². The third-order valence-electron chi connectivity index (χ3n) is 5.11. The van der Waals surface area contributed by atoms with Crippen LogP contribution in [0.3, 0.4) is 0 Å². The highest BCUT2D eigenvalue weighted by atomic mass is 35.5. The molecule has 13 heteroatoms. The van der Waals surface area contributed by atoms with Crippen LogP contribution in [-0.2, 0) is 0 Å². The van der Waals surface area contributed by atoms with Gasteiger partial charge in [-0.15, -0.1) is 0 Å². The number of fused-ring (bicyclic) bond motifs is 1. The van der Waals surface area contributed by atoms with Crippen molar-refractivity contribution in [3.8, 4) is 6.07 Å². The average molecular weight is 475 g/mol. The molecule has 1 saturated heterocycles. The lowest BCUT2D eigenvalue weighted by atomic mass is 10.2. The molecule has 0 saturated carbocycles. The molecule has 4 rings (SSSR count). The molecule has 1 unspecified atom stereocenters. The summed E-state index contributed by atoms with van der Waals surface area (Å²) in [6.07, 6.45) is 0. The second kappa shape index (κ2) is 8.66. The van der Waals surface area contributed by atoms with E-state index in [-0.39, 0.29) is 39.1 Å². The lowest BCUT2D eigenvalue weighted by Crippen LogP contribution is -2.54. The monoisotopic (exact) mass is 474 g/mol. The highest BCUT2D eigenvalue weighted by Gasteiger charge is 2.25. The first-order chi connectivity index (χ1) is 15.3. The molecule has 6 N–H and O–H groups in total. The van der Waals surface area contributed by atoms with E-state index in [1.54, 1.807) is 19.1 Å². The van der Waals surface area contributed by atoms with Crippen LogP contribution >= 0.6 is 23.2 Å². The Balaban J connectivity index is 1.90. The zero-order chi connectivity index (χ0) is 23.0. The number of anilines is 3. The molecule has 0 aliphatic carbocycles. The van der Waals surface area contributed by atoms with Crippen LogP contribution in [0.1, 0.15) is 24.4 Å². The minimum absolute atomic E-state index is 0.0454. The molecule has 166 valence electrons. The van der Waals surface area contributed by atoms with Crippen molar-refractivity contribution in [2.24, 2.45) is 0 Å². The van der Waals surface area contributed by atoms with Crippen molar-refractivity contribution in [1.82, 2.24) is 24.9 Å². The van der Waals surface area contributed by atoms with Crippen LogP contribution in [0, 0.1) is 11.3 Å². The summed E-state index contributed by atoms with van der Waals surface area (Å²) < 4.78 is 1.50. The zero-order valence-electron chi connectivity index (χ0n) is 17.1. The number of nitrogens with zero attached hydrogens (tertiary/aromatic N) is 6. The first-order valence-corrected chi connectivity index (χ1v) is 10.5. The fourth-order valence-corrected chi connectivity index (χ4v) is 4.05. The van der Waals surface area contributed by atoms with E-state index < -0.39 is 6.04 Å². The molecule has 0 amide bonds. The predicted octanol–water partition coefficient (Wildman–Crippen LogP) is 1.24. The normalized spacial score (nSPS) is 14.9. The van der Waals surface area contributed by atoms with Crippen LogP contribution in [0.15, 0.2) is 16.9 Å². The molecule has 0 bridgehead atoms. The SMILES string of the molecule is CC(Nc1nc(N)nc(N)c1C#N)c1nc2c(Cl)ccc(Cl)c2c(=O)n1N1CCNCC1. The molecule has 1 aromatic carbocycles. The molecule has 3 heterocycles. The Morgan fingerprint density at radius 1 is 1.19 bits per heavy atom. The summed E-state index contributed by atoms with van der Waals surface area (Å²) in [4.78, 5) is 26.2. The number of benzene rings is 1. The second-order valence-corrected chi connectivity index (χ2v) is 8.03. The van der Waals surface area contributed by atoms with Gasteiger partial charge < -0.3 is 27.1 Å². The molecule has 32 heavy (non-hydrogen) atoms. The first kappa shape index (κ1) is 21.9. The summed E-state index contributed by atoms with van der Waals surface area (Å²) in [5, 5.41) is 18.5. The van der Waals surface area contributed by atoms with Gasteiger partial charge in [-0.25, -0.2) is 9.66 Å². The van der Waals surface area contributed by atoms with E-state index >= 15 is 0 Å². The number of aromatic nitrogens is 4.